The molecule has 3 aromatic rings. The Morgan fingerprint density at radius 1 is 1.04 bits per heavy atom. The molecule has 0 bridgehead atoms. The molecule has 27 heavy (non-hydrogen) atoms. The van der Waals surface area contributed by atoms with Gasteiger partial charge in [-0.25, -0.2) is 4.39 Å². The van der Waals surface area contributed by atoms with E-state index in [1.54, 1.807) is 25.3 Å². The van der Waals surface area contributed by atoms with E-state index in [1.807, 2.05) is 24.3 Å². The Morgan fingerprint density at radius 2 is 1.81 bits per heavy atom. The summed E-state index contributed by atoms with van der Waals surface area (Å²) < 4.78 is 18.8. The quantitative estimate of drug-likeness (QED) is 0.669. The van der Waals surface area contributed by atoms with Gasteiger partial charge in [-0.1, -0.05) is 24.3 Å². The molecule has 0 atom stereocenters. The average Bonchev–Trinajstić information content (AvgIpc) is 2.70. The number of benzene rings is 2. The van der Waals surface area contributed by atoms with Crippen molar-refractivity contribution in [3.05, 3.63) is 77.6 Å². The minimum atomic E-state index is -0.584. The second kappa shape index (κ2) is 8.75. The van der Waals surface area contributed by atoms with Crippen molar-refractivity contribution in [3.8, 4) is 5.75 Å². The van der Waals surface area contributed by atoms with Crippen molar-refractivity contribution in [2.75, 3.05) is 24.3 Å². The standard InChI is InChI=1S/C20H19FN4O2/c1-27-15-6-4-5-14(13-15)11-12-22-18-9-10-19(25-24-18)23-20(26)16-7-2-3-8-17(16)21/h2-10,13H,11-12H2,1H3,(H,22,24)(H,23,25,26). The van der Waals surface area contributed by atoms with Crippen LogP contribution in [0.1, 0.15) is 15.9 Å². The van der Waals surface area contributed by atoms with Gasteiger partial charge in [0, 0.05) is 6.54 Å². The predicted octanol–water partition coefficient (Wildman–Crippen LogP) is 3.53. The van der Waals surface area contributed by atoms with Crippen molar-refractivity contribution in [3.63, 3.8) is 0 Å². The van der Waals surface area contributed by atoms with Crippen LogP contribution in [-0.4, -0.2) is 29.8 Å². The molecule has 138 valence electrons. The maximum Gasteiger partial charge on any atom is 0.259 e. The number of rotatable bonds is 7. The number of carbonyl (C=O) groups excluding carboxylic acids is 1. The fraction of sp³-hybridized carbons (Fsp3) is 0.150. The molecule has 1 heterocycles. The zero-order valence-corrected chi connectivity index (χ0v) is 14.8. The van der Waals surface area contributed by atoms with E-state index in [-0.39, 0.29) is 11.4 Å². The molecule has 0 aliphatic rings. The van der Waals surface area contributed by atoms with Crippen molar-refractivity contribution in [1.29, 1.82) is 0 Å². The third kappa shape index (κ3) is 5.01. The first-order valence-electron chi connectivity index (χ1n) is 8.42. The number of methoxy groups -OCH3 is 1. The largest absolute Gasteiger partial charge is 0.497 e. The lowest BCUT2D eigenvalue weighted by Crippen LogP contribution is -2.15. The molecule has 0 unspecified atom stereocenters. The van der Waals surface area contributed by atoms with Crippen LogP contribution in [0.25, 0.3) is 0 Å². The van der Waals surface area contributed by atoms with Crippen LogP contribution in [0.15, 0.2) is 60.7 Å². The lowest BCUT2D eigenvalue weighted by molar-refractivity contribution is 0.102. The van der Waals surface area contributed by atoms with E-state index in [0.717, 1.165) is 17.7 Å². The topological polar surface area (TPSA) is 76.1 Å². The van der Waals surface area contributed by atoms with Gasteiger partial charge in [0.1, 0.15) is 17.4 Å². The molecule has 0 fully saturated rings. The van der Waals surface area contributed by atoms with Crippen molar-refractivity contribution >= 4 is 17.5 Å². The molecule has 3 rings (SSSR count). The smallest absolute Gasteiger partial charge is 0.259 e. The number of anilines is 2. The molecule has 0 aliphatic heterocycles. The summed E-state index contributed by atoms with van der Waals surface area (Å²) >= 11 is 0. The molecule has 0 aliphatic carbocycles. The van der Waals surface area contributed by atoms with Crippen LogP contribution in [0, 0.1) is 5.82 Å². The lowest BCUT2D eigenvalue weighted by atomic mass is 10.1. The van der Waals surface area contributed by atoms with Gasteiger partial charge in [0.2, 0.25) is 0 Å². The summed E-state index contributed by atoms with van der Waals surface area (Å²) in [5.41, 5.74) is 1.10. The molecule has 7 heteroatoms. The van der Waals surface area contributed by atoms with Crippen molar-refractivity contribution < 1.29 is 13.9 Å². The zero-order valence-electron chi connectivity index (χ0n) is 14.8. The van der Waals surface area contributed by atoms with Crippen molar-refractivity contribution in [2.24, 2.45) is 0 Å². The molecule has 0 saturated carbocycles. The van der Waals surface area contributed by atoms with Crippen LogP contribution in [0.2, 0.25) is 0 Å². The number of ether oxygens (including phenoxy) is 1. The number of halogens is 1. The highest BCUT2D eigenvalue weighted by Gasteiger charge is 2.11. The zero-order chi connectivity index (χ0) is 19.1. The van der Waals surface area contributed by atoms with E-state index < -0.39 is 11.7 Å². The van der Waals surface area contributed by atoms with E-state index in [2.05, 4.69) is 20.8 Å². The molecule has 2 N–H and O–H groups in total. The summed E-state index contributed by atoms with van der Waals surface area (Å²) in [6.45, 7) is 0.669. The number of hydrogen-bond donors (Lipinski definition) is 2. The number of amides is 1. The number of carbonyl (C=O) groups is 1. The molecule has 0 radical (unpaired) electrons. The molecule has 0 spiro atoms. The van der Waals surface area contributed by atoms with Gasteiger partial charge >= 0.3 is 0 Å². The SMILES string of the molecule is COc1cccc(CCNc2ccc(NC(=O)c3ccccc3F)nn2)c1. The first kappa shape index (κ1) is 18.3. The Kier molecular flexibility index (Phi) is 5.94. The summed E-state index contributed by atoms with van der Waals surface area (Å²) in [6.07, 6.45) is 0.796. The van der Waals surface area contributed by atoms with Gasteiger partial charge in [0.05, 0.1) is 12.7 Å². The summed E-state index contributed by atoms with van der Waals surface area (Å²) in [7, 11) is 1.64. The van der Waals surface area contributed by atoms with Gasteiger partial charge < -0.3 is 15.4 Å². The maximum atomic E-state index is 13.6. The Bertz CT molecular complexity index is 916. The molecular formula is C20H19FN4O2. The van der Waals surface area contributed by atoms with E-state index in [9.17, 15) is 9.18 Å². The van der Waals surface area contributed by atoms with Gasteiger partial charge in [0.15, 0.2) is 5.82 Å². The Labute approximate surface area is 156 Å². The second-order valence-corrected chi connectivity index (χ2v) is 5.77. The Morgan fingerprint density at radius 3 is 2.56 bits per heavy atom. The number of nitrogens with zero attached hydrogens (tertiary/aromatic N) is 2. The van der Waals surface area contributed by atoms with Crippen LogP contribution < -0.4 is 15.4 Å². The van der Waals surface area contributed by atoms with Crippen molar-refractivity contribution in [2.45, 2.75) is 6.42 Å². The Hall–Kier alpha value is -3.48. The van der Waals surface area contributed by atoms with Crippen LogP contribution in [0.5, 0.6) is 5.75 Å². The van der Waals surface area contributed by atoms with Gasteiger partial charge in [0.25, 0.3) is 5.91 Å². The van der Waals surface area contributed by atoms with Crippen LogP contribution >= 0.6 is 0 Å². The summed E-state index contributed by atoms with van der Waals surface area (Å²) in [6, 6.07) is 16.9. The molecule has 1 aromatic heterocycles. The van der Waals surface area contributed by atoms with E-state index >= 15 is 0 Å². The van der Waals surface area contributed by atoms with Gasteiger partial charge in [-0.15, -0.1) is 10.2 Å². The fourth-order valence-corrected chi connectivity index (χ4v) is 2.49. The van der Waals surface area contributed by atoms with E-state index in [1.165, 1.54) is 18.2 Å². The van der Waals surface area contributed by atoms with E-state index in [0.29, 0.717) is 12.4 Å². The normalized spacial score (nSPS) is 10.3. The van der Waals surface area contributed by atoms with Crippen LogP contribution in [0.4, 0.5) is 16.0 Å². The minimum absolute atomic E-state index is 0.0419. The summed E-state index contributed by atoms with van der Waals surface area (Å²) in [5.74, 6) is 0.505. The third-order valence-corrected chi connectivity index (χ3v) is 3.88. The van der Waals surface area contributed by atoms with Gasteiger partial charge in [-0.2, -0.15) is 0 Å². The minimum Gasteiger partial charge on any atom is -0.497 e. The fourth-order valence-electron chi connectivity index (χ4n) is 2.49. The average molecular weight is 366 g/mol. The lowest BCUT2D eigenvalue weighted by Gasteiger charge is -2.08. The second-order valence-electron chi connectivity index (χ2n) is 5.77. The molecular weight excluding hydrogens is 347 g/mol. The predicted molar refractivity (Wildman–Crippen MR) is 102 cm³/mol. The maximum absolute atomic E-state index is 13.6. The van der Waals surface area contributed by atoms with Gasteiger partial charge in [-0.3, -0.25) is 4.79 Å². The highest BCUT2D eigenvalue weighted by Crippen LogP contribution is 2.14. The molecule has 6 nitrogen and oxygen atoms in total. The molecule has 1 amide bonds. The molecule has 0 saturated heterocycles. The highest BCUT2D eigenvalue weighted by atomic mass is 19.1. The van der Waals surface area contributed by atoms with Crippen molar-refractivity contribution in [1.82, 2.24) is 10.2 Å². The van der Waals surface area contributed by atoms with Gasteiger partial charge in [-0.05, 0) is 48.4 Å². The van der Waals surface area contributed by atoms with Crippen LogP contribution in [0.3, 0.4) is 0 Å². The first-order valence-corrected chi connectivity index (χ1v) is 8.42. The Balaban J connectivity index is 1.52. The monoisotopic (exact) mass is 366 g/mol. The van der Waals surface area contributed by atoms with Crippen LogP contribution in [-0.2, 0) is 6.42 Å². The third-order valence-electron chi connectivity index (χ3n) is 3.88. The van der Waals surface area contributed by atoms with E-state index in [4.69, 9.17) is 4.74 Å². The first-order chi connectivity index (χ1) is 13.2. The number of nitrogens with one attached hydrogen (secondary N) is 2. The summed E-state index contributed by atoms with van der Waals surface area (Å²) in [5, 5.41) is 13.6. The number of aromatic nitrogens is 2. The highest BCUT2D eigenvalue weighted by molar-refractivity contribution is 6.03. The molecule has 2 aromatic carbocycles. The summed E-state index contributed by atoms with van der Waals surface area (Å²) in [4.78, 5) is 12.1. The number of hydrogen-bond acceptors (Lipinski definition) is 5.